The van der Waals surface area contributed by atoms with Gasteiger partial charge in [-0.25, -0.2) is 13.1 Å². The molecule has 0 aliphatic heterocycles. The van der Waals surface area contributed by atoms with Crippen molar-refractivity contribution in [1.29, 1.82) is 0 Å². The van der Waals surface area contributed by atoms with E-state index in [1.54, 1.807) is 0 Å². The van der Waals surface area contributed by atoms with Gasteiger partial charge in [0.05, 0.1) is 23.1 Å². The highest BCUT2D eigenvalue weighted by atomic mass is 35.5. The van der Waals surface area contributed by atoms with E-state index in [9.17, 15) is 8.42 Å². The van der Waals surface area contributed by atoms with Crippen molar-refractivity contribution in [2.45, 2.75) is 37.7 Å². The van der Waals surface area contributed by atoms with Gasteiger partial charge in [0.1, 0.15) is 11.5 Å². The number of benzene rings is 2. The first-order valence-electron chi connectivity index (χ1n) is 8.40. The number of aryl methyl sites for hydroxylation is 1. The second-order valence-corrected chi connectivity index (χ2v) is 8.28. The fourth-order valence-corrected chi connectivity index (χ4v) is 3.83. The first-order valence-corrected chi connectivity index (χ1v) is 10.3. The van der Waals surface area contributed by atoms with Crippen LogP contribution in [0.1, 0.15) is 25.8 Å². The van der Waals surface area contributed by atoms with Gasteiger partial charge in [-0.3, -0.25) is 0 Å². The largest absolute Gasteiger partial charge is 0.495 e. The highest BCUT2D eigenvalue weighted by Crippen LogP contribution is 2.26. The molecule has 2 aromatic carbocycles. The van der Waals surface area contributed by atoms with E-state index < -0.39 is 10.0 Å². The van der Waals surface area contributed by atoms with Gasteiger partial charge >= 0.3 is 0 Å². The van der Waals surface area contributed by atoms with Crippen LogP contribution in [0.5, 0.6) is 11.5 Å². The third-order valence-corrected chi connectivity index (χ3v) is 5.42. The SMILES string of the molecule is COc1ccc(S(=O)(=O)NCCCc2ccc(OC(C)C)cc2)cc1Cl. The normalized spacial score (nSPS) is 11.6. The van der Waals surface area contributed by atoms with Crippen LogP contribution in [0.2, 0.25) is 5.02 Å². The van der Waals surface area contributed by atoms with Crippen molar-refractivity contribution in [2.75, 3.05) is 13.7 Å². The molecular formula is C19H24ClNO4S. The highest BCUT2D eigenvalue weighted by molar-refractivity contribution is 7.89. The topological polar surface area (TPSA) is 64.6 Å². The molecule has 0 saturated heterocycles. The zero-order valence-electron chi connectivity index (χ0n) is 15.2. The Kier molecular flexibility index (Phi) is 7.32. The van der Waals surface area contributed by atoms with Gasteiger partial charge in [-0.15, -0.1) is 0 Å². The molecule has 0 fully saturated rings. The molecule has 0 bridgehead atoms. The van der Waals surface area contributed by atoms with Crippen LogP contribution in [0.15, 0.2) is 47.4 Å². The van der Waals surface area contributed by atoms with E-state index >= 15 is 0 Å². The van der Waals surface area contributed by atoms with E-state index in [4.69, 9.17) is 21.1 Å². The number of ether oxygens (including phenoxy) is 2. The Hall–Kier alpha value is -1.76. The summed E-state index contributed by atoms with van der Waals surface area (Å²) in [6, 6.07) is 12.2. The van der Waals surface area contributed by atoms with Gasteiger partial charge in [0.2, 0.25) is 10.0 Å². The van der Waals surface area contributed by atoms with Crippen LogP contribution >= 0.6 is 11.6 Å². The molecule has 0 saturated carbocycles. The summed E-state index contributed by atoms with van der Waals surface area (Å²) in [5, 5.41) is 0.263. The zero-order valence-corrected chi connectivity index (χ0v) is 16.7. The van der Waals surface area contributed by atoms with Crippen molar-refractivity contribution < 1.29 is 17.9 Å². The number of hydrogen-bond acceptors (Lipinski definition) is 4. The summed E-state index contributed by atoms with van der Waals surface area (Å²) in [6.45, 7) is 4.31. The molecular weight excluding hydrogens is 374 g/mol. The van der Waals surface area contributed by atoms with Gasteiger partial charge in [0.25, 0.3) is 0 Å². The van der Waals surface area contributed by atoms with Crippen LogP contribution in [-0.2, 0) is 16.4 Å². The van der Waals surface area contributed by atoms with E-state index in [2.05, 4.69) is 4.72 Å². The van der Waals surface area contributed by atoms with Gasteiger partial charge in [0.15, 0.2) is 0 Å². The summed E-state index contributed by atoms with van der Waals surface area (Å²) in [4.78, 5) is 0.124. The summed E-state index contributed by atoms with van der Waals surface area (Å²) in [6.07, 6.45) is 1.60. The van der Waals surface area contributed by atoms with Crippen LogP contribution in [-0.4, -0.2) is 28.2 Å². The van der Waals surface area contributed by atoms with Crippen LogP contribution in [0, 0.1) is 0 Å². The average Bonchev–Trinajstić information content (AvgIpc) is 2.59. The minimum atomic E-state index is -3.59. The maximum atomic E-state index is 12.3. The summed E-state index contributed by atoms with van der Waals surface area (Å²) in [7, 11) is -2.11. The molecule has 0 radical (unpaired) electrons. The average molecular weight is 398 g/mol. The Bertz CT molecular complexity index is 820. The maximum absolute atomic E-state index is 12.3. The summed E-state index contributed by atoms with van der Waals surface area (Å²) in [5.41, 5.74) is 1.13. The third-order valence-electron chi connectivity index (χ3n) is 3.66. The Morgan fingerprint density at radius 3 is 2.38 bits per heavy atom. The number of rotatable bonds is 9. The highest BCUT2D eigenvalue weighted by Gasteiger charge is 2.15. The summed E-state index contributed by atoms with van der Waals surface area (Å²) < 4.78 is 37.9. The number of hydrogen-bond donors (Lipinski definition) is 1. The number of sulfonamides is 1. The smallest absolute Gasteiger partial charge is 0.240 e. The monoisotopic (exact) mass is 397 g/mol. The first-order chi connectivity index (χ1) is 12.3. The Morgan fingerprint density at radius 2 is 1.81 bits per heavy atom. The minimum absolute atomic E-state index is 0.124. The standard InChI is InChI=1S/C19H24ClNO4S/c1-14(2)25-16-8-6-15(7-9-16)5-4-12-21-26(22,23)17-10-11-19(24-3)18(20)13-17/h6-11,13-14,21H,4-5,12H2,1-3H3. The van der Waals surface area contributed by atoms with Crippen molar-refractivity contribution in [3.8, 4) is 11.5 Å². The zero-order chi connectivity index (χ0) is 19.2. The Morgan fingerprint density at radius 1 is 1.12 bits per heavy atom. The minimum Gasteiger partial charge on any atom is -0.495 e. The van der Waals surface area contributed by atoms with Gasteiger partial charge < -0.3 is 9.47 Å². The molecule has 0 atom stereocenters. The third kappa shape index (κ3) is 5.90. The molecule has 26 heavy (non-hydrogen) atoms. The molecule has 2 aromatic rings. The lowest BCUT2D eigenvalue weighted by atomic mass is 10.1. The lowest BCUT2D eigenvalue weighted by molar-refractivity contribution is 0.242. The molecule has 0 amide bonds. The van der Waals surface area contributed by atoms with Gasteiger partial charge in [-0.2, -0.15) is 0 Å². The van der Waals surface area contributed by atoms with Crippen LogP contribution in [0.25, 0.3) is 0 Å². The van der Waals surface area contributed by atoms with Crippen molar-refractivity contribution in [3.63, 3.8) is 0 Å². The van der Waals surface area contributed by atoms with Crippen molar-refractivity contribution in [3.05, 3.63) is 53.1 Å². The molecule has 0 aliphatic carbocycles. The Balaban J connectivity index is 1.85. The van der Waals surface area contributed by atoms with Crippen LogP contribution in [0.3, 0.4) is 0 Å². The second-order valence-electron chi connectivity index (χ2n) is 6.11. The fourth-order valence-electron chi connectivity index (χ4n) is 2.40. The summed E-state index contributed by atoms with van der Waals surface area (Å²) in [5.74, 6) is 1.27. The summed E-state index contributed by atoms with van der Waals surface area (Å²) >= 11 is 5.99. The molecule has 0 aliphatic rings. The van der Waals surface area contributed by atoms with Crippen LogP contribution in [0.4, 0.5) is 0 Å². The Labute approximate surface area is 160 Å². The van der Waals surface area contributed by atoms with Crippen molar-refractivity contribution >= 4 is 21.6 Å². The number of methoxy groups -OCH3 is 1. The molecule has 142 valence electrons. The quantitative estimate of drug-likeness (QED) is 0.648. The molecule has 2 rings (SSSR count). The lowest BCUT2D eigenvalue weighted by Gasteiger charge is -2.10. The molecule has 0 spiro atoms. The van der Waals surface area contributed by atoms with Gasteiger partial charge in [-0.1, -0.05) is 23.7 Å². The maximum Gasteiger partial charge on any atom is 0.240 e. The molecule has 0 unspecified atom stereocenters. The first kappa shape index (κ1) is 20.6. The second kappa shape index (κ2) is 9.26. The predicted octanol–water partition coefficient (Wildman–Crippen LogP) is 4.05. The lowest BCUT2D eigenvalue weighted by Crippen LogP contribution is -2.25. The van der Waals surface area contributed by atoms with E-state index in [-0.39, 0.29) is 16.0 Å². The predicted molar refractivity (Wildman–Crippen MR) is 104 cm³/mol. The molecule has 0 aromatic heterocycles. The van der Waals surface area contributed by atoms with E-state index in [1.165, 1.54) is 25.3 Å². The van der Waals surface area contributed by atoms with Crippen LogP contribution < -0.4 is 14.2 Å². The fraction of sp³-hybridized carbons (Fsp3) is 0.368. The molecule has 5 nitrogen and oxygen atoms in total. The molecule has 1 N–H and O–H groups in total. The van der Waals surface area contributed by atoms with E-state index in [0.717, 1.165) is 17.7 Å². The van der Waals surface area contributed by atoms with Gasteiger partial charge in [-0.05, 0) is 62.6 Å². The van der Waals surface area contributed by atoms with E-state index in [0.29, 0.717) is 18.7 Å². The number of halogens is 1. The molecule has 7 heteroatoms. The van der Waals surface area contributed by atoms with Crippen molar-refractivity contribution in [1.82, 2.24) is 4.72 Å². The number of nitrogens with one attached hydrogen (secondary N) is 1. The molecule has 0 heterocycles. The van der Waals surface area contributed by atoms with Gasteiger partial charge in [0, 0.05) is 6.54 Å². The van der Waals surface area contributed by atoms with Crippen molar-refractivity contribution in [2.24, 2.45) is 0 Å². The van der Waals surface area contributed by atoms with E-state index in [1.807, 2.05) is 38.1 Å².